The molecule has 6 unspecified atom stereocenters. The Balaban J connectivity index is 1.66. The van der Waals surface area contributed by atoms with E-state index in [1.807, 2.05) is 0 Å². The summed E-state index contributed by atoms with van der Waals surface area (Å²) in [7, 11) is 0. The summed E-state index contributed by atoms with van der Waals surface area (Å²) in [4.78, 5) is 0. The lowest BCUT2D eigenvalue weighted by molar-refractivity contribution is 0.154. The van der Waals surface area contributed by atoms with Crippen molar-refractivity contribution in [1.29, 1.82) is 0 Å². The van der Waals surface area contributed by atoms with Crippen LogP contribution in [0.15, 0.2) is 108 Å². The summed E-state index contributed by atoms with van der Waals surface area (Å²) in [5.41, 5.74) is 6.34. The third-order valence-corrected chi connectivity index (χ3v) is 11.0. The van der Waals surface area contributed by atoms with E-state index in [1.165, 1.54) is 41.5 Å². The number of benzene rings is 2. The maximum atomic E-state index is 2.74. The van der Waals surface area contributed by atoms with E-state index < -0.39 is 0 Å². The molecule has 0 radical (unpaired) electrons. The third-order valence-electron chi connectivity index (χ3n) is 11.0. The van der Waals surface area contributed by atoms with Crippen molar-refractivity contribution in [3.05, 3.63) is 119 Å². The maximum absolute atomic E-state index is 2.74. The van der Waals surface area contributed by atoms with Gasteiger partial charge in [0.25, 0.3) is 0 Å². The van der Waals surface area contributed by atoms with Crippen molar-refractivity contribution >= 4 is 0 Å². The zero-order valence-electron chi connectivity index (χ0n) is 25.9. The van der Waals surface area contributed by atoms with E-state index in [0.29, 0.717) is 35.5 Å². The minimum atomic E-state index is -0.0367. The van der Waals surface area contributed by atoms with Crippen LogP contribution >= 0.6 is 0 Å². The molecule has 0 bridgehead atoms. The molecule has 0 heteroatoms. The Morgan fingerprint density at radius 1 is 0.575 bits per heavy atom. The van der Waals surface area contributed by atoms with Gasteiger partial charge >= 0.3 is 0 Å². The van der Waals surface area contributed by atoms with E-state index >= 15 is 0 Å². The van der Waals surface area contributed by atoms with Gasteiger partial charge in [-0.2, -0.15) is 0 Å². The Kier molecular flexibility index (Phi) is 6.92. The van der Waals surface area contributed by atoms with Crippen molar-refractivity contribution in [1.82, 2.24) is 0 Å². The summed E-state index contributed by atoms with van der Waals surface area (Å²) in [5, 5.41) is 0. The highest BCUT2D eigenvalue weighted by atomic mass is 14.6. The van der Waals surface area contributed by atoms with Crippen LogP contribution in [0.25, 0.3) is 0 Å². The molecular formula is C40H50. The second-order valence-corrected chi connectivity index (χ2v) is 15.5. The van der Waals surface area contributed by atoms with Gasteiger partial charge in [0.05, 0.1) is 0 Å². The Hall–Kier alpha value is -2.60. The lowest BCUT2D eigenvalue weighted by Crippen LogP contribution is -2.47. The van der Waals surface area contributed by atoms with Crippen LogP contribution in [0, 0.1) is 52.3 Å². The fourth-order valence-electron chi connectivity index (χ4n) is 9.10. The zero-order valence-corrected chi connectivity index (χ0v) is 25.9. The first-order valence-corrected chi connectivity index (χ1v) is 15.9. The number of fused-ring (bicyclic) bond motifs is 3. The topological polar surface area (TPSA) is 0 Å². The Labute approximate surface area is 244 Å². The molecule has 6 rings (SSSR count). The Morgan fingerprint density at radius 3 is 1.40 bits per heavy atom. The van der Waals surface area contributed by atoms with Crippen LogP contribution in [0.2, 0.25) is 0 Å². The summed E-state index contributed by atoms with van der Waals surface area (Å²) >= 11 is 0. The lowest BCUT2D eigenvalue weighted by atomic mass is 9.52. The summed E-state index contributed by atoms with van der Waals surface area (Å²) in [6.45, 7) is 16.8. The molecule has 210 valence electrons. The molecule has 0 saturated heterocycles. The van der Waals surface area contributed by atoms with Crippen molar-refractivity contribution in [2.24, 2.45) is 52.3 Å². The highest BCUT2D eigenvalue weighted by molar-refractivity contribution is 5.48. The van der Waals surface area contributed by atoms with E-state index in [9.17, 15) is 0 Å². The highest BCUT2D eigenvalue weighted by Gasteiger charge is 2.60. The van der Waals surface area contributed by atoms with Crippen LogP contribution in [0.3, 0.4) is 0 Å². The molecule has 0 N–H and O–H groups in total. The van der Waals surface area contributed by atoms with Crippen LogP contribution in [0.4, 0.5) is 0 Å². The first kappa shape index (κ1) is 27.6. The summed E-state index contributed by atoms with van der Waals surface area (Å²) in [6.07, 6.45) is 19.6. The van der Waals surface area contributed by atoms with E-state index in [0.717, 1.165) is 5.92 Å². The normalized spacial score (nSPS) is 31.9. The molecule has 0 spiro atoms. The summed E-state index contributed by atoms with van der Waals surface area (Å²) < 4.78 is 0. The average molecular weight is 531 g/mol. The van der Waals surface area contributed by atoms with Crippen LogP contribution < -0.4 is 0 Å². The number of hydrogen-bond acceptors (Lipinski definition) is 0. The second kappa shape index (κ2) is 10.0. The van der Waals surface area contributed by atoms with Crippen molar-refractivity contribution in [2.75, 3.05) is 0 Å². The van der Waals surface area contributed by atoms with E-state index in [2.05, 4.69) is 146 Å². The first-order chi connectivity index (χ1) is 19.0. The SMILES string of the molecule is CC1CCC(C(c2ccccc2)(c2ccccc2)C2C3C=C(C(C)(C)C)C=CC3C3C=CC(C(C)(C)C)=CC32)C1. The van der Waals surface area contributed by atoms with Crippen LogP contribution in [0.1, 0.15) is 78.9 Å². The van der Waals surface area contributed by atoms with Crippen molar-refractivity contribution in [2.45, 2.75) is 73.1 Å². The molecule has 4 aliphatic rings. The molecule has 2 saturated carbocycles. The standard InChI is InChI=1S/C40H50/c1-27-18-19-32(24-27)40(28-14-10-8-11-15-28,29-16-12-9-13-17-29)37-35-25-30(38(2,3)4)20-22-33(35)34-23-21-31(26-36(34)37)39(5,6)7/h8-17,20-23,25-27,32-37H,18-19,24H2,1-7H3. The van der Waals surface area contributed by atoms with Gasteiger partial charge < -0.3 is 0 Å². The first-order valence-electron chi connectivity index (χ1n) is 15.9. The minimum Gasteiger partial charge on any atom is -0.0799 e. The lowest BCUT2D eigenvalue weighted by Gasteiger charge is -2.50. The van der Waals surface area contributed by atoms with E-state index in [4.69, 9.17) is 0 Å². The fraction of sp³-hybridized carbons (Fsp3) is 0.500. The molecule has 40 heavy (non-hydrogen) atoms. The smallest absolute Gasteiger partial charge is 0.0270 e. The molecule has 2 aromatic carbocycles. The average Bonchev–Trinajstić information content (AvgIpc) is 3.51. The van der Waals surface area contributed by atoms with Gasteiger partial charge in [-0.25, -0.2) is 0 Å². The van der Waals surface area contributed by atoms with E-state index in [1.54, 1.807) is 0 Å². The predicted molar refractivity (Wildman–Crippen MR) is 171 cm³/mol. The molecular weight excluding hydrogens is 480 g/mol. The second-order valence-electron chi connectivity index (χ2n) is 15.5. The van der Waals surface area contributed by atoms with Crippen LogP contribution in [0.5, 0.6) is 0 Å². The zero-order chi connectivity index (χ0) is 28.3. The molecule has 6 atom stereocenters. The molecule has 2 fully saturated rings. The van der Waals surface area contributed by atoms with Crippen LogP contribution in [-0.2, 0) is 5.41 Å². The van der Waals surface area contributed by atoms with Gasteiger partial charge in [0.2, 0.25) is 0 Å². The molecule has 4 aliphatic carbocycles. The fourth-order valence-corrected chi connectivity index (χ4v) is 9.10. The predicted octanol–water partition coefficient (Wildman–Crippen LogP) is 10.6. The van der Waals surface area contributed by atoms with E-state index in [-0.39, 0.29) is 16.2 Å². The maximum Gasteiger partial charge on any atom is 0.0270 e. The quantitative estimate of drug-likeness (QED) is 0.369. The minimum absolute atomic E-state index is 0.0367. The van der Waals surface area contributed by atoms with Crippen molar-refractivity contribution < 1.29 is 0 Å². The molecule has 0 aromatic heterocycles. The van der Waals surface area contributed by atoms with Gasteiger partial charge in [0.1, 0.15) is 0 Å². The number of hydrogen-bond donors (Lipinski definition) is 0. The van der Waals surface area contributed by atoms with Gasteiger partial charge in [-0.05, 0) is 87.4 Å². The molecule has 0 aliphatic heterocycles. The number of rotatable bonds is 4. The van der Waals surface area contributed by atoms with Gasteiger partial charge in [-0.1, -0.05) is 152 Å². The van der Waals surface area contributed by atoms with Gasteiger partial charge in [0.15, 0.2) is 0 Å². The number of allylic oxidation sites excluding steroid dienone is 8. The Bertz CT molecular complexity index is 1230. The molecule has 2 aromatic rings. The van der Waals surface area contributed by atoms with Gasteiger partial charge in [-0.15, -0.1) is 0 Å². The molecule has 0 amide bonds. The van der Waals surface area contributed by atoms with Gasteiger partial charge in [0, 0.05) is 5.41 Å². The monoisotopic (exact) mass is 530 g/mol. The molecule has 0 nitrogen and oxygen atoms in total. The summed E-state index contributed by atoms with van der Waals surface area (Å²) in [5.74, 6) is 4.00. The Morgan fingerprint density at radius 2 is 1.02 bits per heavy atom. The molecule has 0 heterocycles. The van der Waals surface area contributed by atoms with Gasteiger partial charge in [-0.3, -0.25) is 0 Å². The largest absolute Gasteiger partial charge is 0.0799 e. The highest BCUT2D eigenvalue weighted by Crippen LogP contribution is 2.65. The summed E-state index contributed by atoms with van der Waals surface area (Å²) in [6, 6.07) is 23.5. The van der Waals surface area contributed by atoms with Crippen molar-refractivity contribution in [3.8, 4) is 0 Å². The van der Waals surface area contributed by atoms with Crippen molar-refractivity contribution in [3.63, 3.8) is 0 Å². The third kappa shape index (κ3) is 4.51. The van der Waals surface area contributed by atoms with Crippen LogP contribution in [-0.4, -0.2) is 0 Å².